The number of carbonyl (C=O) groups excluding carboxylic acids is 1. The fourth-order valence-corrected chi connectivity index (χ4v) is 3.67. The molecule has 134 valence electrons. The second kappa shape index (κ2) is 7.72. The molecule has 0 saturated heterocycles. The number of aromatic nitrogens is 1. The number of nitrogens with zero attached hydrogens (tertiary/aromatic N) is 1. The van der Waals surface area contributed by atoms with Gasteiger partial charge in [-0.2, -0.15) is 0 Å². The van der Waals surface area contributed by atoms with E-state index in [-0.39, 0.29) is 17.5 Å². The molecule has 0 spiro atoms. The zero-order valence-corrected chi connectivity index (χ0v) is 15.0. The number of carbonyl (C=O) groups is 1. The predicted molar refractivity (Wildman–Crippen MR) is 98.8 cm³/mol. The monoisotopic (exact) mass is 342 g/mol. The van der Waals surface area contributed by atoms with Gasteiger partial charge in [0.1, 0.15) is 5.75 Å². The van der Waals surface area contributed by atoms with Gasteiger partial charge in [-0.3, -0.25) is 9.59 Å². The molecule has 0 bridgehead atoms. The Morgan fingerprint density at radius 1 is 1.24 bits per heavy atom. The normalized spacial score (nSPS) is 15.3. The predicted octanol–water partition coefficient (Wildman–Crippen LogP) is 3.61. The number of fused-ring (bicyclic) bond motifs is 1. The van der Waals surface area contributed by atoms with Gasteiger partial charge < -0.3 is 14.6 Å². The Kier molecular flexibility index (Phi) is 5.41. The van der Waals surface area contributed by atoms with Crippen LogP contribution in [0.15, 0.2) is 29.1 Å². The Labute approximate surface area is 148 Å². The summed E-state index contributed by atoms with van der Waals surface area (Å²) in [7, 11) is 1.60. The van der Waals surface area contributed by atoms with Crippen LogP contribution in [0.25, 0.3) is 10.9 Å². The topological polar surface area (TPSA) is 62.4 Å². The molecule has 0 aliphatic heterocycles. The molecule has 1 aliphatic carbocycles. The first-order valence-corrected chi connectivity index (χ1v) is 9.11. The van der Waals surface area contributed by atoms with Crippen molar-refractivity contribution in [1.29, 1.82) is 0 Å². The molecule has 2 aromatic rings. The lowest BCUT2D eigenvalue weighted by molar-refractivity contribution is -0.134. The lowest BCUT2D eigenvalue weighted by atomic mass is 9.93. The lowest BCUT2D eigenvalue weighted by Crippen LogP contribution is -2.41. The van der Waals surface area contributed by atoms with E-state index in [2.05, 4.69) is 4.98 Å². The molecule has 1 fully saturated rings. The van der Waals surface area contributed by atoms with Crippen LogP contribution in [0.4, 0.5) is 0 Å². The van der Waals surface area contributed by atoms with Crippen LogP contribution >= 0.6 is 0 Å². The largest absolute Gasteiger partial charge is 0.497 e. The van der Waals surface area contributed by atoms with E-state index in [1.54, 1.807) is 7.11 Å². The first kappa shape index (κ1) is 17.5. The molecule has 25 heavy (non-hydrogen) atoms. The van der Waals surface area contributed by atoms with Crippen molar-refractivity contribution in [2.45, 2.75) is 58.0 Å². The van der Waals surface area contributed by atoms with Gasteiger partial charge >= 0.3 is 0 Å². The Morgan fingerprint density at radius 3 is 2.68 bits per heavy atom. The molecule has 0 atom stereocenters. The van der Waals surface area contributed by atoms with Gasteiger partial charge in [0.25, 0.3) is 5.56 Å². The molecular formula is C20H26N2O3. The first-order valence-electron chi connectivity index (χ1n) is 9.11. The molecular weight excluding hydrogens is 316 g/mol. The number of pyridine rings is 1. The average molecular weight is 342 g/mol. The fraction of sp³-hybridized carbons (Fsp3) is 0.500. The minimum Gasteiger partial charge on any atom is -0.497 e. The molecule has 0 radical (unpaired) electrons. The van der Waals surface area contributed by atoms with E-state index in [0.717, 1.165) is 36.6 Å². The molecule has 5 heteroatoms. The summed E-state index contributed by atoms with van der Waals surface area (Å²) in [6.07, 6.45) is 6.10. The Hall–Kier alpha value is -2.30. The van der Waals surface area contributed by atoms with E-state index in [9.17, 15) is 9.59 Å². The highest BCUT2D eigenvalue weighted by Crippen LogP contribution is 2.25. The van der Waals surface area contributed by atoms with E-state index >= 15 is 0 Å². The molecule has 1 aromatic carbocycles. The maximum absolute atomic E-state index is 12.5. The number of nitrogens with one attached hydrogen (secondary N) is 1. The number of benzene rings is 1. The van der Waals surface area contributed by atoms with Gasteiger partial charge in [0.2, 0.25) is 5.91 Å². The highest BCUT2D eigenvalue weighted by atomic mass is 16.5. The van der Waals surface area contributed by atoms with Crippen LogP contribution < -0.4 is 10.3 Å². The number of ether oxygens (including phenoxy) is 1. The second-order valence-electron chi connectivity index (χ2n) is 6.74. The molecule has 1 heterocycles. The van der Waals surface area contributed by atoms with E-state index in [4.69, 9.17) is 4.74 Å². The summed E-state index contributed by atoms with van der Waals surface area (Å²) in [4.78, 5) is 29.8. The van der Waals surface area contributed by atoms with Crippen molar-refractivity contribution in [3.05, 3.63) is 40.2 Å². The highest BCUT2D eigenvalue weighted by Gasteiger charge is 2.25. The van der Waals surface area contributed by atoms with Crippen molar-refractivity contribution in [2.24, 2.45) is 0 Å². The van der Waals surface area contributed by atoms with E-state index < -0.39 is 0 Å². The molecule has 5 nitrogen and oxygen atoms in total. The minimum atomic E-state index is -0.134. The number of amides is 1. The maximum Gasteiger partial charge on any atom is 0.253 e. The summed E-state index contributed by atoms with van der Waals surface area (Å²) >= 11 is 0. The Morgan fingerprint density at radius 2 is 2.00 bits per heavy atom. The zero-order valence-electron chi connectivity index (χ0n) is 15.0. The first-order chi connectivity index (χ1) is 12.1. The minimum absolute atomic E-state index is 0.126. The summed E-state index contributed by atoms with van der Waals surface area (Å²) < 4.78 is 5.21. The molecule has 1 aromatic heterocycles. The summed E-state index contributed by atoms with van der Waals surface area (Å²) in [6, 6.07) is 7.77. The van der Waals surface area contributed by atoms with Gasteiger partial charge in [0, 0.05) is 24.1 Å². The number of hydrogen-bond donors (Lipinski definition) is 1. The summed E-state index contributed by atoms with van der Waals surface area (Å²) in [5.74, 6) is 0.835. The third-order valence-corrected chi connectivity index (χ3v) is 5.11. The van der Waals surface area contributed by atoms with Crippen LogP contribution in [0.2, 0.25) is 0 Å². The summed E-state index contributed by atoms with van der Waals surface area (Å²) in [6.45, 7) is 2.27. The van der Waals surface area contributed by atoms with Crippen LogP contribution in [0.5, 0.6) is 5.75 Å². The Bertz CT molecular complexity index is 806. The molecule has 1 amide bonds. The van der Waals surface area contributed by atoms with Gasteiger partial charge in [-0.25, -0.2) is 0 Å². The van der Waals surface area contributed by atoms with Crippen molar-refractivity contribution in [3.8, 4) is 5.75 Å². The number of aromatic amines is 1. The number of hydrogen-bond acceptors (Lipinski definition) is 3. The summed E-state index contributed by atoms with van der Waals surface area (Å²) in [5, 5.41) is 0.947. The van der Waals surface area contributed by atoms with Crippen molar-refractivity contribution < 1.29 is 9.53 Å². The number of H-pyrrole nitrogens is 1. The standard InChI is InChI=1S/C20H26N2O3/c1-3-19(23)22(16-7-5-4-6-8-16)13-15-11-14-9-10-17(25-2)12-18(14)21-20(15)24/h9-12,16H,3-8,13H2,1-2H3,(H,21,24). The van der Waals surface area contributed by atoms with Crippen LogP contribution in [0.3, 0.4) is 0 Å². The van der Waals surface area contributed by atoms with Crippen molar-refractivity contribution in [1.82, 2.24) is 9.88 Å². The van der Waals surface area contributed by atoms with Crippen molar-refractivity contribution in [3.63, 3.8) is 0 Å². The zero-order chi connectivity index (χ0) is 17.8. The fourth-order valence-electron chi connectivity index (χ4n) is 3.67. The third kappa shape index (κ3) is 3.86. The Balaban J connectivity index is 1.91. The summed E-state index contributed by atoms with van der Waals surface area (Å²) in [5.41, 5.74) is 1.26. The average Bonchev–Trinajstić information content (AvgIpc) is 2.66. The van der Waals surface area contributed by atoms with Gasteiger partial charge in [0.05, 0.1) is 19.2 Å². The smallest absolute Gasteiger partial charge is 0.253 e. The van der Waals surface area contributed by atoms with Crippen molar-refractivity contribution in [2.75, 3.05) is 7.11 Å². The van der Waals surface area contributed by atoms with Gasteiger partial charge in [-0.05, 0) is 36.4 Å². The second-order valence-corrected chi connectivity index (χ2v) is 6.74. The highest BCUT2D eigenvalue weighted by molar-refractivity contribution is 5.81. The van der Waals surface area contributed by atoms with Gasteiger partial charge in [-0.15, -0.1) is 0 Å². The molecule has 1 saturated carbocycles. The van der Waals surface area contributed by atoms with E-state index in [1.807, 2.05) is 36.1 Å². The molecule has 3 rings (SSSR count). The maximum atomic E-state index is 12.5. The van der Waals surface area contributed by atoms with E-state index in [0.29, 0.717) is 24.3 Å². The molecule has 0 unspecified atom stereocenters. The SMILES string of the molecule is CCC(=O)N(Cc1cc2ccc(OC)cc2[nH]c1=O)C1CCCCC1. The number of methoxy groups -OCH3 is 1. The number of rotatable bonds is 5. The van der Waals surface area contributed by atoms with E-state index in [1.165, 1.54) is 6.42 Å². The van der Waals surface area contributed by atoms with Crippen LogP contribution in [0, 0.1) is 0 Å². The quantitative estimate of drug-likeness (QED) is 0.903. The van der Waals surface area contributed by atoms with Crippen molar-refractivity contribution >= 4 is 16.8 Å². The van der Waals surface area contributed by atoms with Crippen LogP contribution in [-0.2, 0) is 11.3 Å². The third-order valence-electron chi connectivity index (χ3n) is 5.11. The van der Waals surface area contributed by atoms with Gasteiger partial charge in [-0.1, -0.05) is 26.2 Å². The van der Waals surface area contributed by atoms with Crippen LogP contribution in [0.1, 0.15) is 51.0 Å². The lowest BCUT2D eigenvalue weighted by Gasteiger charge is -2.34. The van der Waals surface area contributed by atoms with Gasteiger partial charge in [0.15, 0.2) is 0 Å². The van der Waals surface area contributed by atoms with Crippen LogP contribution in [-0.4, -0.2) is 28.9 Å². The molecule has 1 aliphatic rings. The molecule has 1 N–H and O–H groups in total.